The van der Waals surface area contributed by atoms with Crippen LogP contribution in [0.1, 0.15) is 30.0 Å². The van der Waals surface area contributed by atoms with E-state index in [0.717, 1.165) is 11.1 Å². The Kier molecular flexibility index (Phi) is 5.67. The highest BCUT2D eigenvalue weighted by Gasteiger charge is 2.52. The van der Waals surface area contributed by atoms with Crippen LogP contribution in [0, 0.1) is 0 Å². The normalized spacial score (nSPS) is 23.8. The summed E-state index contributed by atoms with van der Waals surface area (Å²) in [4.78, 5) is 18.6. The molecule has 2 aliphatic rings. The fourth-order valence-electron chi connectivity index (χ4n) is 4.29. The van der Waals surface area contributed by atoms with Gasteiger partial charge in [-0.25, -0.2) is 12.7 Å². The summed E-state index contributed by atoms with van der Waals surface area (Å²) in [6, 6.07) is 12.9. The largest absolute Gasteiger partial charge is 0.369 e. The van der Waals surface area contributed by atoms with Crippen LogP contribution in [0.3, 0.4) is 0 Å². The van der Waals surface area contributed by atoms with Crippen molar-refractivity contribution in [3.63, 3.8) is 0 Å². The molecule has 154 valence electrons. The van der Waals surface area contributed by atoms with Crippen LogP contribution in [0.25, 0.3) is 0 Å². The standard InChI is InChI=1S/C21H25N3O4S/c1-28-20-19(17-7-11-22-12-8-17)24(21(20)25)18-9-13-23(14-10-18)29(26,27)15-16-5-3-2-4-6-16/h2-8,11-12,18-20H,9-10,13-15H2,1H3. The number of rotatable bonds is 6. The van der Waals surface area contributed by atoms with Crippen molar-refractivity contribution in [2.24, 2.45) is 0 Å². The van der Waals surface area contributed by atoms with Gasteiger partial charge in [0.05, 0.1) is 11.8 Å². The van der Waals surface area contributed by atoms with Crippen molar-refractivity contribution in [2.45, 2.75) is 36.8 Å². The molecule has 0 N–H and O–H groups in total. The van der Waals surface area contributed by atoms with Gasteiger partial charge in [-0.2, -0.15) is 0 Å². The van der Waals surface area contributed by atoms with Gasteiger partial charge in [-0.1, -0.05) is 30.3 Å². The van der Waals surface area contributed by atoms with Crippen molar-refractivity contribution in [2.75, 3.05) is 20.2 Å². The fraction of sp³-hybridized carbons (Fsp3) is 0.429. The molecule has 29 heavy (non-hydrogen) atoms. The quantitative estimate of drug-likeness (QED) is 0.674. The average molecular weight is 416 g/mol. The van der Waals surface area contributed by atoms with Gasteiger partial charge in [0.1, 0.15) is 0 Å². The number of β-lactam (4-membered cyclic amide) rings is 1. The van der Waals surface area contributed by atoms with Crippen molar-refractivity contribution in [3.8, 4) is 0 Å². The van der Waals surface area contributed by atoms with Crippen molar-refractivity contribution in [1.29, 1.82) is 0 Å². The topological polar surface area (TPSA) is 79.8 Å². The molecule has 3 heterocycles. The zero-order valence-corrected chi connectivity index (χ0v) is 17.2. The summed E-state index contributed by atoms with van der Waals surface area (Å²) >= 11 is 0. The maximum Gasteiger partial charge on any atom is 0.255 e. The smallest absolute Gasteiger partial charge is 0.255 e. The lowest BCUT2D eigenvalue weighted by molar-refractivity contribution is -0.178. The first-order chi connectivity index (χ1) is 14.0. The summed E-state index contributed by atoms with van der Waals surface area (Å²) in [5, 5.41) is 0. The zero-order valence-electron chi connectivity index (χ0n) is 16.3. The van der Waals surface area contributed by atoms with Crippen molar-refractivity contribution >= 4 is 15.9 Å². The lowest BCUT2D eigenvalue weighted by Gasteiger charge is -2.52. The molecule has 2 aliphatic heterocycles. The van der Waals surface area contributed by atoms with Crippen molar-refractivity contribution in [3.05, 3.63) is 66.0 Å². The van der Waals surface area contributed by atoms with Crippen molar-refractivity contribution < 1.29 is 17.9 Å². The van der Waals surface area contributed by atoms with Crippen LogP contribution in [-0.2, 0) is 25.3 Å². The van der Waals surface area contributed by atoms with Gasteiger partial charge in [0.15, 0.2) is 6.10 Å². The molecule has 2 atom stereocenters. The number of benzene rings is 1. The minimum atomic E-state index is -3.37. The number of pyridine rings is 1. The molecule has 2 unspecified atom stereocenters. The van der Waals surface area contributed by atoms with E-state index in [4.69, 9.17) is 4.74 Å². The molecule has 8 heteroatoms. The van der Waals surface area contributed by atoms with Crippen LogP contribution in [0.5, 0.6) is 0 Å². The number of amides is 1. The van der Waals surface area contributed by atoms with E-state index in [9.17, 15) is 13.2 Å². The SMILES string of the molecule is COC1C(=O)N(C2CCN(S(=O)(=O)Cc3ccccc3)CC2)C1c1ccncc1. The van der Waals surface area contributed by atoms with Gasteiger partial charge in [0.25, 0.3) is 5.91 Å². The number of piperidine rings is 1. The molecule has 2 aromatic rings. The number of methoxy groups -OCH3 is 1. The number of carbonyl (C=O) groups is 1. The van der Waals surface area contributed by atoms with E-state index >= 15 is 0 Å². The van der Waals surface area contributed by atoms with Crippen LogP contribution >= 0.6 is 0 Å². The third kappa shape index (κ3) is 3.92. The molecule has 2 saturated heterocycles. The van der Waals surface area contributed by atoms with Gasteiger partial charge in [0, 0.05) is 38.6 Å². The molecule has 0 saturated carbocycles. The van der Waals surface area contributed by atoms with E-state index in [2.05, 4.69) is 4.98 Å². The van der Waals surface area contributed by atoms with Gasteiger partial charge in [-0.15, -0.1) is 0 Å². The number of hydrogen-bond donors (Lipinski definition) is 0. The Morgan fingerprint density at radius 3 is 2.34 bits per heavy atom. The summed E-state index contributed by atoms with van der Waals surface area (Å²) < 4.78 is 32.5. The molecule has 0 radical (unpaired) electrons. The molecule has 0 aliphatic carbocycles. The number of sulfonamides is 1. The van der Waals surface area contributed by atoms with E-state index < -0.39 is 16.1 Å². The van der Waals surface area contributed by atoms with E-state index in [1.165, 1.54) is 0 Å². The molecule has 1 amide bonds. The Morgan fingerprint density at radius 2 is 1.72 bits per heavy atom. The van der Waals surface area contributed by atoms with Gasteiger partial charge >= 0.3 is 0 Å². The highest BCUT2D eigenvalue weighted by Crippen LogP contribution is 2.40. The molecular formula is C21H25N3O4S. The Labute approximate surface area is 171 Å². The first-order valence-electron chi connectivity index (χ1n) is 9.78. The van der Waals surface area contributed by atoms with E-state index in [0.29, 0.717) is 25.9 Å². The van der Waals surface area contributed by atoms with Crippen LogP contribution in [-0.4, -0.2) is 60.9 Å². The minimum absolute atomic E-state index is 0.00649. The van der Waals surface area contributed by atoms with Gasteiger partial charge in [0.2, 0.25) is 10.0 Å². The Morgan fingerprint density at radius 1 is 1.07 bits per heavy atom. The van der Waals surface area contributed by atoms with E-state index in [-0.39, 0.29) is 23.7 Å². The molecule has 2 fully saturated rings. The Bertz CT molecular complexity index is 944. The lowest BCUT2D eigenvalue weighted by atomic mass is 9.87. The maximum absolute atomic E-state index is 12.8. The molecular weight excluding hydrogens is 390 g/mol. The first kappa shape index (κ1) is 20.0. The number of carbonyl (C=O) groups excluding carboxylic acids is 1. The summed E-state index contributed by atoms with van der Waals surface area (Å²) in [5.74, 6) is -0.0214. The number of hydrogen-bond acceptors (Lipinski definition) is 5. The monoisotopic (exact) mass is 415 g/mol. The lowest BCUT2D eigenvalue weighted by Crippen LogP contribution is -2.64. The predicted octanol–water partition coefficient (Wildman–Crippen LogP) is 1.97. The first-order valence-corrected chi connectivity index (χ1v) is 11.4. The summed E-state index contributed by atoms with van der Waals surface area (Å²) in [6.07, 6.45) is 4.18. The Hall–Kier alpha value is -2.29. The second-order valence-electron chi connectivity index (χ2n) is 7.50. The molecule has 1 aromatic heterocycles. The highest BCUT2D eigenvalue weighted by molar-refractivity contribution is 7.88. The van der Waals surface area contributed by atoms with Crippen LogP contribution in [0.15, 0.2) is 54.9 Å². The molecule has 0 spiro atoms. The summed E-state index contributed by atoms with van der Waals surface area (Å²) in [5.41, 5.74) is 1.78. The van der Waals surface area contributed by atoms with E-state index in [1.807, 2.05) is 47.4 Å². The summed E-state index contributed by atoms with van der Waals surface area (Å²) in [7, 11) is -1.82. The van der Waals surface area contributed by atoms with Crippen LogP contribution in [0.2, 0.25) is 0 Å². The number of aromatic nitrogens is 1. The van der Waals surface area contributed by atoms with Gasteiger partial charge in [-0.05, 0) is 36.1 Å². The summed E-state index contributed by atoms with van der Waals surface area (Å²) in [6.45, 7) is 0.842. The second-order valence-corrected chi connectivity index (χ2v) is 9.47. The van der Waals surface area contributed by atoms with Gasteiger partial charge < -0.3 is 9.64 Å². The Balaban J connectivity index is 1.43. The number of nitrogens with zero attached hydrogens (tertiary/aromatic N) is 3. The molecule has 4 rings (SSSR count). The highest BCUT2D eigenvalue weighted by atomic mass is 32.2. The van der Waals surface area contributed by atoms with E-state index in [1.54, 1.807) is 23.8 Å². The van der Waals surface area contributed by atoms with Gasteiger partial charge in [-0.3, -0.25) is 9.78 Å². The zero-order chi connectivity index (χ0) is 20.4. The van der Waals surface area contributed by atoms with Crippen LogP contribution < -0.4 is 0 Å². The number of ether oxygens (including phenoxy) is 1. The average Bonchev–Trinajstić information content (AvgIpc) is 2.74. The predicted molar refractivity (Wildman–Crippen MR) is 108 cm³/mol. The third-order valence-corrected chi connectivity index (χ3v) is 7.64. The van der Waals surface area contributed by atoms with Crippen LogP contribution in [0.4, 0.5) is 0 Å². The fourth-order valence-corrected chi connectivity index (χ4v) is 5.85. The molecule has 0 bridgehead atoms. The van der Waals surface area contributed by atoms with Crippen molar-refractivity contribution in [1.82, 2.24) is 14.2 Å². The minimum Gasteiger partial charge on any atom is -0.369 e. The number of likely N-dealkylation sites (tertiary alicyclic amines) is 1. The second kappa shape index (κ2) is 8.22. The molecule has 7 nitrogen and oxygen atoms in total. The molecule has 1 aromatic carbocycles. The maximum atomic E-state index is 12.8. The third-order valence-electron chi connectivity index (χ3n) is 5.79.